The number of sulfonamides is 1. The highest BCUT2D eigenvalue weighted by Gasteiger charge is 2.15. The van der Waals surface area contributed by atoms with E-state index in [1.165, 1.54) is 0 Å². The van der Waals surface area contributed by atoms with Gasteiger partial charge in [-0.05, 0) is 25.9 Å². The van der Waals surface area contributed by atoms with E-state index in [2.05, 4.69) is 10.0 Å². The zero-order valence-electron chi connectivity index (χ0n) is 10.0. The molecule has 0 aromatic heterocycles. The second-order valence-electron chi connectivity index (χ2n) is 3.82. The minimum Gasteiger partial charge on any atom is -0.320 e. The van der Waals surface area contributed by atoms with Crippen LogP contribution in [-0.2, 0) is 10.0 Å². The summed E-state index contributed by atoms with van der Waals surface area (Å²) in [4.78, 5) is 0. The molecule has 0 aliphatic rings. The van der Waals surface area contributed by atoms with E-state index >= 15 is 0 Å². The van der Waals surface area contributed by atoms with E-state index in [9.17, 15) is 8.42 Å². The van der Waals surface area contributed by atoms with E-state index in [-0.39, 0.29) is 11.7 Å². The normalized spacial score (nSPS) is 12.3. The lowest BCUT2D eigenvalue weighted by atomic mass is 10.1. The summed E-state index contributed by atoms with van der Waals surface area (Å²) in [5, 5.41) is 2.98. The predicted octanol–water partition coefficient (Wildman–Crippen LogP) is 0.952. The molecule has 92 valence electrons. The van der Waals surface area contributed by atoms with Crippen LogP contribution in [0.1, 0.15) is 33.1 Å². The molecular formula is C10H24N2O2S. The number of hydrogen-bond acceptors (Lipinski definition) is 3. The Morgan fingerprint density at radius 3 is 2.20 bits per heavy atom. The molecule has 0 rings (SSSR count). The maximum atomic E-state index is 11.6. The van der Waals surface area contributed by atoms with Gasteiger partial charge in [0.05, 0.1) is 5.75 Å². The van der Waals surface area contributed by atoms with Gasteiger partial charge in [0.25, 0.3) is 0 Å². The van der Waals surface area contributed by atoms with Gasteiger partial charge in [0.1, 0.15) is 0 Å². The molecule has 0 heterocycles. The number of nitrogens with one attached hydrogen (secondary N) is 2. The first-order valence-corrected chi connectivity index (χ1v) is 7.32. The average molecular weight is 236 g/mol. The van der Waals surface area contributed by atoms with E-state index in [1.807, 2.05) is 20.9 Å². The molecule has 0 unspecified atom stereocenters. The predicted molar refractivity (Wildman–Crippen MR) is 64.4 cm³/mol. The minimum absolute atomic E-state index is 0.263. The molecule has 0 amide bonds. The summed E-state index contributed by atoms with van der Waals surface area (Å²) >= 11 is 0. The van der Waals surface area contributed by atoms with Crippen LogP contribution in [0.4, 0.5) is 0 Å². The van der Waals surface area contributed by atoms with Crippen molar-refractivity contribution in [3.8, 4) is 0 Å². The van der Waals surface area contributed by atoms with Crippen LogP contribution in [-0.4, -0.2) is 34.3 Å². The smallest absolute Gasteiger partial charge is 0.211 e. The van der Waals surface area contributed by atoms with Gasteiger partial charge in [-0.3, -0.25) is 0 Å². The van der Waals surface area contributed by atoms with Crippen LogP contribution in [0.5, 0.6) is 0 Å². The summed E-state index contributed by atoms with van der Waals surface area (Å²) in [5.41, 5.74) is 0. The van der Waals surface area contributed by atoms with Crippen LogP contribution in [0.2, 0.25) is 0 Å². The average Bonchev–Trinajstić information content (AvgIpc) is 2.21. The third-order valence-corrected chi connectivity index (χ3v) is 4.09. The van der Waals surface area contributed by atoms with E-state index in [4.69, 9.17) is 0 Å². The molecule has 0 saturated heterocycles. The molecule has 0 atom stereocenters. The Kier molecular flexibility index (Phi) is 8.00. The van der Waals surface area contributed by atoms with Crippen molar-refractivity contribution in [3.63, 3.8) is 0 Å². The lowest BCUT2D eigenvalue weighted by Gasteiger charge is -2.13. The Bertz CT molecular complexity index is 236. The fourth-order valence-electron chi connectivity index (χ4n) is 1.39. The molecule has 0 aromatic rings. The quantitative estimate of drug-likeness (QED) is 0.586. The maximum absolute atomic E-state index is 11.6. The lowest BCUT2D eigenvalue weighted by molar-refractivity contribution is 0.515. The maximum Gasteiger partial charge on any atom is 0.211 e. The van der Waals surface area contributed by atoms with Gasteiger partial charge >= 0.3 is 0 Å². The van der Waals surface area contributed by atoms with Crippen molar-refractivity contribution in [2.24, 2.45) is 5.92 Å². The van der Waals surface area contributed by atoms with Crippen molar-refractivity contribution in [2.75, 3.05) is 25.9 Å². The van der Waals surface area contributed by atoms with E-state index < -0.39 is 10.0 Å². The first-order valence-electron chi connectivity index (χ1n) is 5.67. The zero-order chi connectivity index (χ0) is 11.7. The number of hydrogen-bond donors (Lipinski definition) is 2. The fraction of sp³-hybridized carbons (Fsp3) is 1.00. The Morgan fingerprint density at radius 1 is 1.13 bits per heavy atom. The highest BCUT2D eigenvalue weighted by Crippen LogP contribution is 2.09. The summed E-state index contributed by atoms with van der Waals surface area (Å²) in [7, 11) is -1.20. The minimum atomic E-state index is -3.06. The van der Waals surface area contributed by atoms with Gasteiger partial charge in [-0.1, -0.05) is 26.7 Å². The molecule has 2 N–H and O–H groups in total. The Labute approximate surface area is 93.9 Å². The number of rotatable bonds is 9. The standard InChI is InChI=1S/C10H24N2O2S/c1-4-10(5-2)9-15(13,14)12-8-6-7-11-3/h10-12H,4-9H2,1-3H3. The van der Waals surface area contributed by atoms with Gasteiger partial charge in [0.15, 0.2) is 0 Å². The van der Waals surface area contributed by atoms with E-state index in [0.29, 0.717) is 6.54 Å². The van der Waals surface area contributed by atoms with Crippen molar-refractivity contribution in [1.82, 2.24) is 10.0 Å². The topological polar surface area (TPSA) is 58.2 Å². The van der Waals surface area contributed by atoms with Crippen molar-refractivity contribution < 1.29 is 8.42 Å². The molecule has 0 aliphatic heterocycles. The van der Waals surface area contributed by atoms with Crippen molar-refractivity contribution in [2.45, 2.75) is 33.1 Å². The summed E-state index contributed by atoms with van der Waals surface area (Å²) < 4.78 is 25.8. The van der Waals surface area contributed by atoms with E-state index in [1.54, 1.807) is 0 Å². The van der Waals surface area contributed by atoms with Crippen molar-refractivity contribution in [3.05, 3.63) is 0 Å². The third kappa shape index (κ3) is 7.76. The van der Waals surface area contributed by atoms with Gasteiger partial charge in [0.2, 0.25) is 10.0 Å². The molecule has 5 heteroatoms. The third-order valence-electron chi connectivity index (χ3n) is 2.54. The second-order valence-corrected chi connectivity index (χ2v) is 5.67. The highest BCUT2D eigenvalue weighted by molar-refractivity contribution is 7.89. The first-order chi connectivity index (χ1) is 7.05. The van der Waals surface area contributed by atoms with Crippen LogP contribution in [0.3, 0.4) is 0 Å². The van der Waals surface area contributed by atoms with Crippen LogP contribution in [0.15, 0.2) is 0 Å². The Balaban J connectivity index is 3.86. The SMILES string of the molecule is CCC(CC)CS(=O)(=O)NCCCNC. The Hall–Kier alpha value is -0.130. The van der Waals surface area contributed by atoms with Crippen LogP contribution in [0.25, 0.3) is 0 Å². The molecule has 0 spiro atoms. The lowest BCUT2D eigenvalue weighted by Crippen LogP contribution is -2.31. The molecular weight excluding hydrogens is 212 g/mol. The van der Waals surface area contributed by atoms with Crippen molar-refractivity contribution >= 4 is 10.0 Å². The van der Waals surface area contributed by atoms with Gasteiger partial charge in [-0.25, -0.2) is 13.1 Å². The summed E-state index contributed by atoms with van der Waals surface area (Å²) in [6, 6.07) is 0. The van der Waals surface area contributed by atoms with Gasteiger partial charge in [-0.2, -0.15) is 0 Å². The summed E-state index contributed by atoms with van der Waals surface area (Å²) in [5.74, 6) is 0.548. The van der Waals surface area contributed by atoms with Crippen molar-refractivity contribution in [1.29, 1.82) is 0 Å². The molecule has 0 aromatic carbocycles. The van der Waals surface area contributed by atoms with Crippen LogP contribution >= 0.6 is 0 Å². The fourth-order valence-corrected chi connectivity index (χ4v) is 3.05. The zero-order valence-corrected chi connectivity index (χ0v) is 10.9. The largest absolute Gasteiger partial charge is 0.320 e. The van der Waals surface area contributed by atoms with Gasteiger partial charge < -0.3 is 5.32 Å². The first kappa shape index (κ1) is 14.9. The van der Waals surface area contributed by atoms with E-state index in [0.717, 1.165) is 25.8 Å². The molecule has 0 radical (unpaired) electrons. The molecule has 0 saturated carbocycles. The molecule has 0 fully saturated rings. The monoisotopic (exact) mass is 236 g/mol. The van der Waals surface area contributed by atoms with Crippen LogP contribution in [0, 0.1) is 5.92 Å². The second kappa shape index (κ2) is 8.07. The Morgan fingerprint density at radius 2 is 1.73 bits per heavy atom. The van der Waals surface area contributed by atoms with Gasteiger partial charge in [0, 0.05) is 6.54 Å². The summed E-state index contributed by atoms with van der Waals surface area (Å²) in [6.07, 6.45) is 2.68. The molecule has 4 nitrogen and oxygen atoms in total. The highest BCUT2D eigenvalue weighted by atomic mass is 32.2. The van der Waals surface area contributed by atoms with Gasteiger partial charge in [-0.15, -0.1) is 0 Å². The summed E-state index contributed by atoms with van der Waals surface area (Å²) in [6.45, 7) is 5.44. The van der Waals surface area contributed by atoms with Crippen LogP contribution < -0.4 is 10.0 Å². The molecule has 0 bridgehead atoms. The molecule has 15 heavy (non-hydrogen) atoms. The molecule has 0 aliphatic carbocycles.